The topological polar surface area (TPSA) is 38.7 Å². The molecular weight excluding hydrogens is 667 g/mol. The molecule has 260 valence electrons. The first-order valence-corrected chi connectivity index (χ1v) is 18.8. The first-order valence-electron chi connectivity index (χ1n) is 18.8. The van der Waals surface area contributed by atoms with E-state index in [2.05, 4.69) is 159 Å². The molecule has 0 amide bonds. The Morgan fingerprint density at radius 3 is 1.58 bits per heavy atom. The van der Waals surface area contributed by atoms with Crippen molar-refractivity contribution in [2.24, 2.45) is 0 Å². The van der Waals surface area contributed by atoms with Gasteiger partial charge in [-0.25, -0.2) is 9.97 Å². The van der Waals surface area contributed by atoms with Crippen LogP contribution in [0.3, 0.4) is 0 Å². The summed E-state index contributed by atoms with van der Waals surface area (Å²) in [5.74, 6) is 0.687. The number of benzene rings is 7. The van der Waals surface area contributed by atoms with E-state index in [1.165, 1.54) is 49.7 Å². The fraction of sp³-hybridized carbons (Fsp3) is 0.0577. The van der Waals surface area contributed by atoms with Crippen LogP contribution in [0.4, 0.5) is 0 Å². The molecule has 0 bridgehead atoms. The molecule has 9 aromatic rings. The van der Waals surface area contributed by atoms with E-state index in [0.29, 0.717) is 5.82 Å². The molecule has 0 saturated heterocycles. The lowest BCUT2D eigenvalue weighted by Gasteiger charge is -2.23. The van der Waals surface area contributed by atoms with E-state index < -0.39 is 0 Å². The molecule has 1 aliphatic rings. The predicted octanol–water partition coefficient (Wildman–Crippen LogP) is 13.3. The van der Waals surface area contributed by atoms with Crippen LogP contribution in [0.25, 0.3) is 89.3 Å². The van der Waals surface area contributed by atoms with Crippen LogP contribution in [0.2, 0.25) is 0 Å². The second kappa shape index (κ2) is 13.2. The third-order valence-corrected chi connectivity index (χ3v) is 11.2. The number of rotatable bonds is 6. The summed E-state index contributed by atoms with van der Waals surface area (Å²) >= 11 is 0. The molecule has 3 heteroatoms. The molecule has 0 N–H and O–H groups in total. The van der Waals surface area contributed by atoms with Crippen LogP contribution in [0.1, 0.15) is 25.0 Å². The second-order valence-corrected chi connectivity index (χ2v) is 14.9. The third kappa shape index (κ3) is 5.82. The normalized spacial score (nSPS) is 12.7. The standard InChI is InChI=1S/C52H37N3/c1-52(2)46-31-41(26-28-44(46)45-29-25-37-11-9-10-16-43(37)50(45)52)36-19-17-34(18-20-36)35-21-23-39(24-22-35)48-32-49(55-51(54-48)40-14-7-4-8-15-40)42-27-30-47(53-33-42)38-12-5-3-6-13-38/h3-33H,1-2H3. The van der Waals surface area contributed by atoms with Crippen LogP contribution < -0.4 is 0 Å². The molecule has 0 spiro atoms. The minimum Gasteiger partial charge on any atom is -0.256 e. The Labute approximate surface area is 321 Å². The zero-order valence-electron chi connectivity index (χ0n) is 30.7. The Kier molecular flexibility index (Phi) is 7.81. The Morgan fingerprint density at radius 2 is 0.909 bits per heavy atom. The fourth-order valence-corrected chi connectivity index (χ4v) is 8.25. The lowest BCUT2D eigenvalue weighted by atomic mass is 9.79. The van der Waals surface area contributed by atoms with Crippen molar-refractivity contribution < 1.29 is 0 Å². The first kappa shape index (κ1) is 32.7. The number of nitrogens with zero attached hydrogens (tertiary/aromatic N) is 3. The monoisotopic (exact) mass is 703 g/mol. The van der Waals surface area contributed by atoms with Gasteiger partial charge in [0.15, 0.2) is 5.82 Å². The highest BCUT2D eigenvalue weighted by Crippen LogP contribution is 2.52. The van der Waals surface area contributed by atoms with Gasteiger partial charge in [-0.3, -0.25) is 4.98 Å². The Bertz CT molecular complexity index is 2840. The maximum Gasteiger partial charge on any atom is 0.160 e. The average molecular weight is 704 g/mol. The lowest BCUT2D eigenvalue weighted by Crippen LogP contribution is -2.15. The van der Waals surface area contributed by atoms with Gasteiger partial charge in [0.05, 0.1) is 17.1 Å². The smallest absolute Gasteiger partial charge is 0.160 e. The van der Waals surface area contributed by atoms with Gasteiger partial charge in [-0.1, -0.05) is 172 Å². The highest BCUT2D eigenvalue weighted by atomic mass is 14.9. The van der Waals surface area contributed by atoms with Crippen molar-refractivity contribution in [3.05, 3.63) is 199 Å². The number of fused-ring (bicyclic) bond motifs is 5. The van der Waals surface area contributed by atoms with Gasteiger partial charge in [-0.15, -0.1) is 0 Å². The van der Waals surface area contributed by atoms with Crippen LogP contribution in [-0.4, -0.2) is 15.0 Å². The summed E-state index contributed by atoms with van der Waals surface area (Å²) in [5, 5.41) is 2.65. The molecular formula is C52H37N3. The molecule has 7 aromatic carbocycles. The zero-order chi connectivity index (χ0) is 36.9. The summed E-state index contributed by atoms with van der Waals surface area (Å²) in [4.78, 5) is 14.8. The molecule has 0 saturated carbocycles. The number of hydrogen-bond donors (Lipinski definition) is 0. The highest BCUT2D eigenvalue weighted by molar-refractivity contribution is 5.98. The van der Waals surface area contributed by atoms with E-state index >= 15 is 0 Å². The molecule has 55 heavy (non-hydrogen) atoms. The summed E-state index contributed by atoms with van der Waals surface area (Å²) in [7, 11) is 0. The maximum atomic E-state index is 5.04. The molecule has 10 rings (SSSR count). The summed E-state index contributed by atoms with van der Waals surface area (Å²) < 4.78 is 0. The lowest BCUT2D eigenvalue weighted by molar-refractivity contribution is 0.666. The van der Waals surface area contributed by atoms with E-state index in [1.54, 1.807) is 0 Å². The third-order valence-electron chi connectivity index (χ3n) is 11.2. The number of aromatic nitrogens is 3. The SMILES string of the molecule is CC1(C)c2cc(-c3ccc(-c4ccc(-c5cc(-c6ccc(-c7ccccc7)nc6)nc(-c6ccccc6)n5)cc4)cc3)ccc2-c2ccc3ccccc3c21. The molecule has 0 unspecified atom stereocenters. The van der Waals surface area contributed by atoms with Gasteiger partial charge in [-0.2, -0.15) is 0 Å². The highest BCUT2D eigenvalue weighted by Gasteiger charge is 2.37. The maximum absolute atomic E-state index is 5.04. The quantitative estimate of drug-likeness (QED) is 0.173. The van der Waals surface area contributed by atoms with Crippen LogP contribution in [0, 0.1) is 0 Å². The Hall–Kier alpha value is -6.97. The minimum absolute atomic E-state index is 0.0839. The summed E-state index contributed by atoms with van der Waals surface area (Å²) in [6.45, 7) is 4.73. The number of hydrogen-bond acceptors (Lipinski definition) is 3. The molecule has 0 aliphatic heterocycles. The second-order valence-electron chi connectivity index (χ2n) is 14.9. The van der Waals surface area contributed by atoms with Crippen molar-refractivity contribution >= 4 is 10.8 Å². The largest absolute Gasteiger partial charge is 0.256 e. The van der Waals surface area contributed by atoms with Gasteiger partial charge in [0.2, 0.25) is 0 Å². The van der Waals surface area contributed by atoms with Crippen molar-refractivity contribution in [3.8, 4) is 78.5 Å². The van der Waals surface area contributed by atoms with Gasteiger partial charge in [0, 0.05) is 33.9 Å². The van der Waals surface area contributed by atoms with Crippen molar-refractivity contribution in [2.45, 2.75) is 19.3 Å². The van der Waals surface area contributed by atoms with E-state index in [0.717, 1.165) is 44.9 Å². The van der Waals surface area contributed by atoms with Crippen molar-refractivity contribution in [1.82, 2.24) is 15.0 Å². The van der Waals surface area contributed by atoms with Crippen LogP contribution in [0.5, 0.6) is 0 Å². The predicted molar refractivity (Wildman–Crippen MR) is 228 cm³/mol. The van der Waals surface area contributed by atoms with Crippen molar-refractivity contribution in [2.75, 3.05) is 0 Å². The summed E-state index contributed by atoms with van der Waals surface area (Å²) in [5.41, 5.74) is 16.9. The van der Waals surface area contributed by atoms with E-state index in [1.807, 2.05) is 42.6 Å². The molecule has 0 fully saturated rings. The van der Waals surface area contributed by atoms with Gasteiger partial charge >= 0.3 is 0 Å². The van der Waals surface area contributed by atoms with Crippen LogP contribution in [0.15, 0.2) is 188 Å². The molecule has 2 aromatic heterocycles. The van der Waals surface area contributed by atoms with Gasteiger partial charge in [0.25, 0.3) is 0 Å². The Morgan fingerprint density at radius 1 is 0.382 bits per heavy atom. The Balaban J connectivity index is 0.938. The first-order chi connectivity index (χ1) is 27.0. The molecule has 0 radical (unpaired) electrons. The van der Waals surface area contributed by atoms with Gasteiger partial charge in [0.1, 0.15) is 0 Å². The average Bonchev–Trinajstić information content (AvgIpc) is 3.50. The zero-order valence-corrected chi connectivity index (χ0v) is 30.7. The van der Waals surface area contributed by atoms with E-state index in [9.17, 15) is 0 Å². The van der Waals surface area contributed by atoms with Crippen LogP contribution >= 0.6 is 0 Å². The number of pyridine rings is 1. The summed E-state index contributed by atoms with van der Waals surface area (Å²) in [6.07, 6.45) is 1.90. The minimum atomic E-state index is -0.0839. The fourth-order valence-electron chi connectivity index (χ4n) is 8.25. The molecule has 1 aliphatic carbocycles. The van der Waals surface area contributed by atoms with E-state index in [4.69, 9.17) is 15.0 Å². The van der Waals surface area contributed by atoms with Gasteiger partial charge in [-0.05, 0) is 79.5 Å². The molecule has 0 atom stereocenters. The molecule has 2 heterocycles. The van der Waals surface area contributed by atoms with Gasteiger partial charge < -0.3 is 0 Å². The van der Waals surface area contributed by atoms with E-state index in [-0.39, 0.29) is 5.41 Å². The molecule has 3 nitrogen and oxygen atoms in total. The summed E-state index contributed by atoms with van der Waals surface area (Å²) in [6, 6.07) is 64.6. The van der Waals surface area contributed by atoms with Crippen molar-refractivity contribution in [1.29, 1.82) is 0 Å². The van der Waals surface area contributed by atoms with Crippen molar-refractivity contribution in [3.63, 3.8) is 0 Å². The van der Waals surface area contributed by atoms with Crippen LogP contribution in [-0.2, 0) is 5.41 Å².